The molecule has 114 valence electrons. The van der Waals surface area contributed by atoms with E-state index in [0.717, 1.165) is 4.88 Å². The van der Waals surface area contributed by atoms with Crippen molar-refractivity contribution >= 4 is 27.2 Å². The van der Waals surface area contributed by atoms with Crippen molar-refractivity contribution < 1.29 is 8.42 Å². The zero-order valence-electron chi connectivity index (χ0n) is 11.9. The molecular formula is C13H18N4O2S2. The topological polar surface area (TPSA) is 88.3 Å². The molecule has 8 heteroatoms. The summed E-state index contributed by atoms with van der Waals surface area (Å²) in [6.07, 6.45) is 1.99. The van der Waals surface area contributed by atoms with E-state index >= 15 is 0 Å². The quantitative estimate of drug-likeness (QED) is 0.623. The summed E-state index contributed by atoms with van der Waals surface area (Å²) in [7, 11) is -1.97. The lowest BCUT2D eigenvalue weighted by Crippen LogP contribution is -2.36. The Morgan fingerprint density at radius 1 is 1.43 bits per heavy atom. The number of hydrogen-bond donors (Lipinski definition) is 2. The molecule has 0 radical (unpaired) electrons. The number of nitrogens with one attached hydrogen (secondary N) is 1. The zero-order valence-corrected chi connectivity index (χ0v) is 13.5. The van der Waals surface area contributed by atoms with Crippen molar-refractivity contribution in [2.75, 3.05) is 12.5 Å². The van der Waals surface area contributed by atoms with Crippen LogP contribution in [0.5, 0.6) is 0 Å². The average Bonchev–Trinajstić information content (AvgIpc) is 2.99. The van der Waals surface area contributed by atoms with Crippen LogP contribution < -0.4 is 11.3 Å². The fraction of sp³-hybridized carbons (Fsp3) is 0.308. The van der Waals surface area contributed by atoms with Gasteiger partial charge in [-0.2, -0.15) is 4.31 Å². The normalized spacial score (nSPS) is 13.3. The molecule has 0 aliphatic heterocycles. The summed E-state index contributed by atoms with van der Waals surface area (Å²) in [6.45, 7) is 1.89. The lowest BCUT2D eigenvalue weighted by atomic mass is 10.2. The highest BCUT2D eigenvalue weighted by atomic mass is 32.2. The van der Waals surface area contributed by atoms with Gasteiger partial charge in [0.1, 0.15) is 10.7 Å². The van der Waals surface area contributed by atoms with Crippen LogP contribution in [-0.4, -0.2) is 30.8 Å². The Labute approximate surface area is 128 Å². The van der Waals surface area contributed by atoms with Crippen LogP contribution in [0.3, 0.4) is 0 Å². The van der Waals surface area contributed by atoms with Gasteiger partial charge < -0.3 is 5.43 Å². The van der Waals surface area contributed by atoms with E-state index in [1.165, 1.54) is 22.6 Å². The molecule has 0 saturated heterocycles. The Hall–Kier alpha value is -1.48. The number of nitrogens with two attached hydrogens (primary N) is 1. The Bertz CT molecular complexity index is 669. The summed E-state index contributed by atoms with van der Waals surface area (Å²) in [6, 6.07) is 6.85. The summed E-state index contributed by atoms with van der Waals surface area (Å²) < 4.78 is 26.5. The van der Waals surface area contributed by atoms with E-state index < -0.39 is 10.0 Å². The molecule has 2 rings (SSSR count). The fourth-order valence-corrected chi connectivity index (χ4v) is 4.00. The summed E-state index contributed by atoms with van der Waals surface area (Å²) in [5.41, 5.74) is 2.37. The van der Waals surface area contributed by atoms with Gasteiger partial charge in [-0.1, -0.05) is 6.07 Å². The van der Waals surface area contributed by atoms with Crippen molar-refractivity contribution in [2.45, 2.75) is 24.3 Å². The number of anilines is 1. The second-order valence-electron chi connectivity index (χ2n) is 4.68. The second-order valence-corrected chi connectivity index (χ2v) is 7.71. The zero-order chi connectivity index (χ0) is 15.5. The first-order valence-corrected chi connectivity index (χ1v) is 8.70. The van der Waals surface area contributed by atoms with Gasteiger partial charge in [-0.05, 0) is 36.9 Å². The monoisotopic (exact) mass is 326 g/mol. The number of nitrogens with zero attached hydrogens (tertiary/aromatic N) is 2. The average molecular weight is 326 g/mol. The number of rotatable bonds is 6. The third-order valence-corrected chi connectivity index (χ3v) is 6.11. The van der Waals surface area contributed by atoms with Gasteiger partial charge in [-0.15, -0.1) is 11.3 Å². The minimum Gasteiger partial charge on any atom is -0.308 e. The molecule has 2 aromatic heterocycles. The Balaban J connectivity index is 2.16. The first kappa shape index (κ1) is 15.9. The number of pyridine rings is 1. The number of hydrazine groups is 1. The van der Waals surface area contributed by atoms with Gasteiger partial charge >= 0.3 is 0 Å². The Morgan fingerprint density at radius 2 is 2.19 bits per heavy atom. The fourth-order valence-electron chi connectivity index (χ4n) is 1.87. The predicted molar refractivity (Wildman–Crippen MR) is 84.5 cm³/mol. The lowest BCUT2D eigenvalue weighted by Gasteiger charge is -2.23. The first-order chi connectivity index (χ1) is 9.95. The molecule has 1 atom stereocenters. The van der Waals surface area contributed by atoms with E-state index in [0.29, 0.717) is 12.2 Å². The molecular weight excluding hydrogens is 308 g/mol. The maximum atomic E-state index is 12.5. The standard InChI is InChI=1S/C13H18N4O2S2/c1-10(8-11-4-3-7-20-11)17(2)21(18,19)12-5-6-13(16-14)15-9-12/h3-7,9-10H,8,14H2,1-2H3,(H,15,16). The second kappa shape index (κ2) is 6.52. The van der Waals surface area contributed by atoms with Crippen LogP contribution in [-0.2, 0) is 16.4 Å². The molecule has 1 unspecified atom stereocenters. The maximum Gasteiger partial charge on any atom is 0.244 e. The van der Waals surface area contributed by atoms with E-state index in [9.17, 15) is 8.42 Å². The summed E-state index contributed by atoms with van der Waals surface area (Å²) in [5.74, 6) is 5.64. The number of hydrogen-bond acceptors (Lipinski definition) is 6. The SMILES string of the molecule is CC(Cc1cccs1)N(C)S(=O)(=O)c1ccc(NN)nc1. The van der Waals surface area contributed by atoms with Gasteiger partial charge in [0, 0.05) is 24.2 Å². The molecule has 3 N–H and O–H groups in total. The van der Waals surface area contributed by atoms with Gasteiger partial charge in [0.05, 0.1) is 0 Å². The molecule has 0 bridgehead atoms. The van der Waals surface area contributed by atoms with Crippen LogP contribution in [0, 0.1) is 0 Å². The third-order valence-electron chi connectivity index (χ3n) is 3.26. The van der Waals surface area contributed by atoms with Gasteiger partial charge in [0.25, 0.3) is 0 Å². The smallest absolute Gasteiger partial charge is 0.244 e. The van der Waals surface area contributed by atoms with Gasteiger partial charge in [-0.25, -0.2) is 19.2 Å². The highest BCUT2D eigenvalue weighted by Crippen LogP contribution is 2.20. The molecule has 21 heavy (non-hydrogen) atoms. The molecule has 0 aliphatic carbocycles. The summed E-state index contributed by atoms with van der Waals surface area (Å²) in [5, 5.41) is 1.99. The van der Waals surface area contributed by atoms with Gasteiger partial charge in [0.15, 0.2) is 0 Å². The number of likely N-dealkylation sites (N-methyl/N-ethyl adjacent to an activating group) is 1. The molecule has 0 amide bonds. The minimum absolute atomic E-state index is 0.138. The van der Waals surface area contributed by atoms with Crippen molar-refractivity contribution in [3.8, 4) is 0 Å². The molecule has 0 spiro atoms. The Kier molecular flexibility index (Phi) is 4.94. The van der Waals surface area contributed by atoms with Crippen LogP contribution in [0.2, 0.25) is 0 Å². The van der Waals surface area contributed by atoms with Crippen molar-refractivity contribution in [2.24, 2.45) is 5.84 Å². The van der Waals surface area contributed by atoms with E-state index in [1.807, 2.05) is 24.4 Å². The van der Waals surface area contributed by atoms with Crippen LogP contribution in [0.4, 0.5) is 5.82 Å². The summed E-state index contributed by atoms with van der Waals surface area (Å²) >= 11 is 1.62. The van der Waals surface area contributed by atoms with E-state index in [4.69, 9.17) is 5.84 Å². The number of nitrogen functional groups attached to an aromatic ring is 1. The van der Waals surface area contributed by atoms with Crippen molar-refractivity contribution in [1.29, 1.82) is 0 Å². The van der Waals surface area contributed by atoms with E-state index in [-0.39, 0.29) is 10.9 Å². The molecule has 0 saturated carbocycles. The lowest BCUT2D eigenvalue weighted by molar-refractivity contribution is 0.388. The molecule has 0 aliphatic rings. The van der Waals surface area contributed by atoms with Crippen LogP contribution >= 0.6 is 11.3 Å². The predicted octanol–water partition coefficient (Wildman–Crippen LogP) is 1.68. The Morgan fingerprint density at radius 3 is 2.71 bits per heavy atom. The molecule has 6 nitrogen and oxygen atoms in total. The van der Waals surface area contributed by atoms with Crippen molar-refractivity contribution in [1.82, 2.24) is 9.29 Å². The first-order valence-electron chi connectivity index (χ1n) is 6.38. The van der Waals surface area contributed by atoms with E-state index in [1.54, 1.807) is 18.4 Å². The third kappa shape index (κ3) is 3.59. The summed E-state index contributed by atoms with van der Waals surface area (Å²) in [4.78, 5) is 5.25. The van der Waals surface area contributed by atoms with Crippen LogP contribution in [0.1, 0.15) is 11.8 Å². The van der Waals surface area contributed by atoms with Gasteiger partial charge in [-0.3, -0.25) is 0 Å². The number of aromatic nitrogens is 1. The molecule has 2 aromatic rings. The highest BCUT2D eigenvalue weighted by molar-refractivity contribution is 7.89. The number of thiophene rings is 1. The molecule has 0 aromatic carbocycles. The van der Waals surface area contributed by atoms with Crippen LogP contribution in [0.25, 0.3) is 0 Å². The van der Waals surface area contributed by atoms with Crippen molar-refractivity contribution in [3.05, 3.63) is 40.7 Å². The van der Waals surface area contributed by atoms with E-state index in [2.05, 4.69) is 10.4 Å². The van der Waals surface area contributed by atoms with Gasteiger partial charge in [0.2, 0.25) is 10.0 Å². The number of sulfonamides is 1. The van der Waals surface area contributed by atoms with Crippen molar-refractivity contribution in [3.63, 3.8) is 0 Å². The molecule has 2 heterocycles. The molecule has 0 fully saturated rings. The maximum absolute atomic E-state index is 12.5. The van der Waals surface area contributed by atoms with Crippen LogP contribution in [0.15, 0.2) is 40.7 Å². The minimum atomic E-state index is -3.56. The highest BCUT2D eigenvalue weighted by Gasteiger charge is 2.26. The largest absolute Gasteiger partial charge is 0.308 e.